The van der Waals surface area contributed by atoms with Gasteiger partial charge in [-0.05, 0) is 31.7 Å². The number of carboxylic acid groups (broad SMARTS) is 1. The van der Waals surface area contributed by atoms with Crippen LogP contribution in [-0.4, -0.2) is 36.0 Å². The minimum absolute atomic E-state index is 0. The number of nitrogens with one attached hydrogen (secondary N) is 1. The molecule has 1 aliphatic heterocycles. The molecule has 148 valence electrons. The number of carbonyl (C=O) groups is 3. The number of terminal acetylenes is 1. The lowest BCUT2D eigenvalue weighted by molar-refractivity contribution is -0.133. The molecule has 2 aliphatic rings. The van der Waals surface area contributed by atoms with Gasteiger partial charge >= 0.3 is 5.97 Å². The summed E-state index contributed by atoms with van der Waals surface area (Å²) in [7, 11) is 0. The number of benzene rings is 1. The van der Waals surface area contributed by atoms with Crippen LogP contribution < -0.4 is 21.1 Å². The summed E-state index contributed by atoms with van der Waals surface area (Å²) < 4.78 is 19.6. The number of carboxylic acids is 1. The Labute approximate surface area is 160 Å². The third kappa shape index (κ3) is 3.97. The molecule has 0 aromatic heterocycles. The Balaban J connectivity index is 0.00000280. The van der Waals surface area contributed by atoms with Crippen LogP contribution in [0.25, 0.3) is 0 Å². The van der Waals surface area contributed by atoms with Crippen molar-refractivity contribution in [1.82, 2.24) is 6.15 Å². The molecule has 0 spiro atoms. The van der Waals surface area contributed by atoms with E-state index in [2.05, 4.69) is 11.2 Å². The summed E-state index contributed by atoms with van der Waals surface area (Å²) in [6, 6.07) is 2.33. The highest BCUT2D eigenvalue weighted by atomic mass is 19.1. The molecule has 1 aromatic rings. The van der Waals surface area contributed by atoms with E-state index in [1.54, 1.807) is 0 Å². The van der Waals surface area contributed by atoms with Crippen molar-refractivity contribution in [3.05, 3.63) is 29.1 Å². The van der Waals surface area contributed by atoms with Crippen LogP contribution in [0, 0.1) is 18.2 Å². The largest absolute Gasteiger partial charge is 0.481 e. The molecule has 0 saturated carbocycles. The third-order valence-corrected chi connectivity index (χ3v) is 4.49. The molecule has 0 bridgehead atoms. The molecule has 9 heteroatoms. The molecule has 1 heterocycles. The molecule has 0 fully saturated rings. The van der Waals surface area contributed by atoms with Crippen molar-refractivity contribution in [2.75, 3.05) is 23.4 Å². The van der Waals surface area contributed by atoms with Crippen LogP contribution >= 0.6 is 0 Å². The first-order chi connectivity index (χ1) is 12.9. The van der Waals surface area contributed by atoms with Crippen molar-refractivity contribution in [2.24, 2.45) is 0 Å². The van der Waals surface area contributed by atoms with E-state index in [4.69, 9.17) is 11.2 Å². The fourth-order valence-electron chi connectivity index (χ4n) is 3.17. The number of hydrogen-bond donors (Lipinski definition) is 3. The van der Waals surface area contributed by atoms with Crippen LogP contribution in [0.3, 0.4) is 0 Å². The highest BCUT2D eigenvalue weighted by molar-refractivity contribution is 6.09. The quantitative estimate of drug-likeness (QED) is 0.677. The first-order valence-electron chi connectivity index (χ1n) is 8.39. The van der Waals surface area contributed by atoms with Crippen molar-refractivity contribution in [3.8, 4) is 18.1 Å². The number of ether oxygens (including phenoxy) is 1. The van der Waals surface area contributed by atoms with Gasteiger partial charge in [-0.1, -0.05) is 5.92 Å². The summed E-state index contributed by atoms with van der Waals surface area (Å²) in [6.45, 7) is -0.281. The van der Waals surface area contributed by atoms with Gasteiger partial charge in [0.05, 0.1) is 17.9 Å². The highest BCUT2D eigenvalue weighted by Gasteiger charge is 2.28. The average molecular weight is 389 g/mol. The number of carbonyl (C=O) groups excluding carboxylic acids is 2. The van der Waals surface area contributed by atoms with Gasteiger partial charge in [0.15, 0.2) is 12.4 Å². The van der Waals surface area contributed by atoms with Gasteiger partial charge < -0.3 is 21.3 Å². The SMILES string of the molecule is C#CCN1C(=O)COc2cc(F)c(NC(=O)C3=C(C(=O)O)CCCC3)cc21.N. The van der Waals surface area contributed by atoms with Gasteiger partial charge in [-0.25, -0.2) is 9.18 Å². The number of fused-ring (bicyclic) bond motifs is 1. The van der Waals surface area contributed by atoms with E-state index >= 15 is 0 Å². The lowest BCUT2D eigenvalue weighted by Gasteiger charge is -2.28. The third-order valence-electron chi connectivity index (χ3n) is 4.49. The topological polar surface area (TPSA) is 131 Å². The van der Waals surface area contributed by atoms with Crippen LogP contribution in [0.5, 0.6) is 5.75 Å². The number of aliphatic carboxylic acids is 1. The van der Waals surface area contributed by atoms with E-state index < -0.39 is 17.7 Å². The van der Waals surface area contributed by atoms with E-state index in [1.807, 2.05) is 0 Å². The smallest absolute Gasteiger partial charge is 0.332 e. The molecule has 0 unspecified atom stereocenters. The van der Waals surface area contributed by atoms with Gasteiger partial charge in [-0.15, -0.1) is 6.42 Å². The van der Waals surface area contributed by atoms with Crippen LogP contribution in [-0.2, 0) is 14.4 Å². The van der Waals surface area contributed by atoms with Crippen molar-refractivity contribution < 1.29 is 28.6 Å². The molecule has 2 amide bonds. The van der Waals surface area contributed by atoms with Gasteiger partial charge in [0, 0.05) is 17.2 Å². The van der Waals surface area contributed by atoms with Crippen LogP contribution in [0.15, 0.2) is 23.3 Å². The molecule has 8 nitrogen and oxygen atoms in total. The van der Waals surface area contributed by atoms with Crippen LogP contribution in [0.2, 0.25) is 0 Å². The first-order valence-corrected chi connectivity index (χ1v) is 8.39. The number of anilines is 2. The molecule has 0 atom stereocenters. The Morgan fingerprint density at radius 3 is 2.61 bits per heavy atom. The first kappa shape index (κ1) is 20.9. The molecule has 1 aromatic carbocycles. The predicted molar refractivity (Wildman–Crippen MR) is 99.9 cm³/mol. The minimum atomic E-state index is -1.15. The van der Waals surface area contributed by atoms with Gasteiger partial charge in [-0.2, -0.15) is 0 Å². The Morgan fingerprint density at radius 1 is 1.29 bits per heavy atom. The zero-order valence-corrected chi connectivity index (χ0v) is 15.1. The lowest BCUT2D eigenvalue weighted by Crippen LogP contribution is -2.39. The van der Waals surface area contributed by atoms with Gasteiger partial charge in [0.25, 0.3) is 11.8 Å². The summed E-state index contributed by atoms with van der Waals surface area (Å²) in [5.74, 6) is -0.467. The number of rotatable bonds is 4. The molecule has 28 heavy (non-hydrogen) atoms. The zero-order valence-electron chi connectivity index (χ0n) is 15.1. The summed E-state index contributed by atoms with van der Waals surface area (Å²) in [5, 5.41) is 11.7. The van der Waals surface area contributed by atoms with Crippen LogP contribution in [0.1, 0.15) is 25.7 Å². The van der Waals surface area contributed by atoms with Gasteiger partial charge in [0.2, 0.25) is 0 Å². The van der Waals surface area contributed by atoms with Crippen molar-refractivity contribution in [3.63, 3.8) is 0 Å². The Hall–Kier alpha value is -3.38. The van der Waals surface area contributed by atoms with Crippen molar-refractivity contribution in [2.45, 2.75) is 25.7 Å². The Morgan fingerprint density at radius 2 is 1.96 bits per heavy atom. The van der Waals surface area contributed by atoms with E-state index in [0.717, 1.165) is 6.07 Å². The molecule has 3 rings (SSSR count). The van der Waals surface area contributed by atoms with Crippen molar-refractivity contribution >= 4 is 29.2 Å². The van der Waals surface area contributed by atoms with Crippen LogP contribution in [0.4, 0.5) is 15.8 Å². The van der Waals surface area contributed by atoms with E-state index in [0.29, 0.717) is 25.7 Å². The predicted octanol–water partition coefficient (Wildman–Crippen LogP) is 2.24. The summed E-state index contributed by atoms with van der Waals surface area (Å²) in [6.07, 6.45) is 7.25. The molecular formula is C19H20FN3O5. The molecule has 0 radical (unpaired) electrons. The van der Waals surface area contributed by atoms with E-state index in [1.165, 1.54) is 11.0 Å². The number of nitrogens with zero attached hydrogens (tertiary/aromatic N) is 1. The second-order valence-corrected chi connectivity index (χ2v) is 6.20. The fraction of sp³-hybridized carbons (Fsp3) is 0.316. The normalized spacial score (nSPS) is 15.7. The average Bonchev–Trinajstić information content (AvgIpc) is 2.65. The highest BCUT2D eigenvalue weighted by Crippen LogP contribution is 2.37. The second-order valence-electron chi connectivity index (χ2n) is 6.20. The second kappa shape index (κ2) is 8.54. The van der Waals surface area contributed by atoms with Gasteiger partial charge in [0.1, 0.15) is 5.75 Å². The zero-order chi connectivity index (χ0) is 19.6. The maximum atomic E-state index is 14.4. The summed E-state index contributed by atoms with van der Waals surface area (Å²) in [4.78, 5) is 37.1. The lowest BCUT2D eigenvalue weighted by atomic mass is 9.91. The maximum absolute atomic E-state index is 14.4. The number of hydrogen-bond acceptors (Lipinski definition) is 5. The molecule has 1 aliphatic carbocycles. The molecular weight excluding hydrogens is 369 g/mol. The summed E-state index contributed by atoms with van der Waals surface area (Å²) >= 11 is 0. The van der Waals surface area contributed by atoms with Gasteiger partial charge in [-0.3, -0.25) is 14.5 Å². The number of halogens is 1. The molecule has 0 saturated heterocycles. The Kier molecular flexibility index (Phi) is 6.38. The van der Waals surface area contributed by atoms with E-state index in [-0.39, 0.29) is 53.5 Å². The minimum Gasteiger partial charge on any atom is -0.481 e. The standard InChI is InChI=1S/C19H17FN2O5.H3N/c1-2-7-22-15-9-14(13(20)8-16(15)27-10-17(22)23)21-18(24)11-5-3-4-6-12(11)19(25)26;/h1,8-9H,3-7,10H2,(H,21,24)(H,25,26);1H3. The summed E-state index contributed by atoms with van der Waals surface area (Å²) in [5.41, 5.74) is 0.252. The monoisotopic (exact) mass is 389 g/mol. The van der Waals surface area contributed by atoms with Crippen molar-refractivity contribution in [1.29, 1.82) is 0 Å². The number of amides is 2. The Bertz CT molecular complexity index is 904. The maximum Gasteiger partial charge on any atom is 0.332 e. The fourth-order valence-corrected chi connectivity index (χ4v) is 3.17. The molecule has 5 N–H and O–H groups in total. The van der Waals surface area contributed by atoms with E-state index in [9.17, 15) is 23.9 Å².